The summed E-state index contributed by atoms with van der Waals surface area (Å²) in [4.78, 5) is 9.08. The summed E-state index contributed by atoms with van der Waals surface area (Å²) in [6.07, 6.45) is 15.0. The average Bonchev–Trinajstić information content (AvgIpc) is 2.82. The average molecular weight is 469 g/mol. The van der Waals surface area contributed by atoms with Crippen molar-refractivity contribution in [2.75, 3.05) is 13.2 Å². The van der Waals surface area contributed by atoms with Crippen LogP contribution >= 0.6 is 8.60 Å². The van der Waals surface area contributed by atoms with E-state index < -0.39 is 8.60 Å². The molecule has 1 fully saturated rings. The lowest BCUT2D eigenvalue weighted by molar-refractivity contribution is 0.00589. The summed E-state index contributed by atoms with van der Waals surface area (Å²) < 4.78 is 10.4. The van der Waals surface area contributed by atoms with E-state index in [0.29, 0.717) is 19.0 Å². The van der Waals surface area contributed by atoms with Gasteiger partial charge in [-0.15, -0.1) is 0 Å². The number of hydrogen-bond donors (Lipinski definition) is 2. The lowest BCUT2D eigenvalue weighted by atomic mass is 9.82. The largest absolute Gasteiger partial charge is 0.507 e. The molecule has 4 nitrogen and oxygen atoms in total. The van der Waals surface area contributed by atoms with Crippen molar-refractivity contribution in [3.63, 3.8) is 0 Å². The second kappa shape index (κ2) is 16.9. The fourth-order valence-electron chi connectivity index (χ4n) is 4.01. The molecule has 0 bridgehead atoms. The van der Waals surface area contributed by atoms with Crippen LogP contribution in [0.25, 0.3) is 0 Å². The zero-order chi connectivity index (χ0) is 23.8. The van der Waals surface area contributed by atoms with Gasteiger partial charge >= 0.3 is 8.60 Å². The van der Waals surface area contributed by atoms with Crippen molar-refractivity contribution in [2.45, 2.75) is 118 Å². The van der Waals surface area contributed by atoms with Gasteiger partial charge in [-0.25, -0.2) is 0 Å². The van der Waals surface area contributed by atoms with Crippen molar-refractivity contribution in [3.05, 3.63) is 28.8 Å². The molecule has 0 atom stereocenters. The van der Waals surface area contributed by atoms with E-state index in [-0.39, 0.29) is 5.41 Å². The molecular formula is C27H49O4P. The summed E-state index contributed by atoms with van der Waals surface area (Å²) in [7, 11) is -1.57. The molecule has 186 valence electrons. The number of hydrogen-bond acceptors (Lipinski definition) is 4. The fourth-order valence-corrected chi connectivity index (χ4v) is 4.86. The van der Waals surface area contributed by atoms with Gasteiger partial charge in [-0.3, -0.25) is 0 Å². The maximum Gasteiger partial charge on any atom is 0.329 e. The highest BCUT2D eigenvalue weighted by atomic mass is 31.2. The van der Waals surface area contributed by atoms with Crippen molar-refractivity contribution in [1.29, 1.82) is 0 Å². The number of phenolic OH excluding ortho intramolecular Hbond substituents is 1. The predicted molar refractivity (Wildman–Crippen MR) is 137 cm³/mol. The summed E-state index contributed by atoms with van der Waals surface area (Å²) in [5, 5.41) is 10.4. The third-order valence-corrected chi connectivity index (χ3v) is 7.22. The number of aryl methyl sites for hydroxylation is 3. The SMILES string of the molecule is CCCCC1(CC)COP(O)OC1.CCCCc1cc(CCCC)c(O)c(CCCC)c1. The highest BCUT2D eigenvalue weighted by Gasteiger charge is 2.35. The Hall–Kier alpha value is -0.670. The van der Waals surface area contributed by atoms with Gasteiger partial charge in [0, 0.05) is 5.41 Å². The third kappa shape index (κ3) is 10.5. The Labute approximate surface area is 199 Å². The van der Waals surface area contributed by atoms with Crippen LogP contribution in [0.3, 0.4) is 0 Å². The van der Waals surface area contributed by atoms with E-state index in [1.807, 2.05) is 0 Å². The molecule has 0 aromatic heterocycles. The first-order valence-electron chi connectivity index (χ1n) is 13.0. The molecule has 2 N–H and O–H groups in total. The van der Waals surface area contributed by atoms with Crippen LogP contribution in [0.1, 0.15) is 116 Å². The number of benzene rings is 1. The van der Waals surface area contributed by atoms with E-state index >= 15 is 0 Å². The first-order valence-corrected chi connectivity index (χ1v) is 14.2. The third-order valence-electron chi connectivity index (χ3n) is 6.52. The molecule has 2 rings (SSSR count). The Morgan fingerprint density at radius 1 is 0.781 bits per heavy atom. The Balaban J connectivity index is 0.000000343. The van der Waals surface area contributed by atoms with Gasteiger partial charge in [0.2, 0.25) is 0 Å². The zero-order valence-corrected chi connectivity index (χ0v) is 22.3. The van der Waals surface area contributed by atoms with Crippen LogP contribution in [0.2, 0.25) is 0 Å². The quantitative estimate of drug-likeness (QED) is 0.286. The topological polar surface area (TPSA) is 58.9 Å². The van der Waals surface area contributed by atoms with Gasteiger partial charge in [0.1, 0.15) is 5.75 Å². The number of aromatic hydroxyl groups is 1. The maximum atomic E-state index is 10.4. The van der Waals surface area contributed by atoms with Crippen LogP contribution < -0.4 is 0 Å². The molecule has 0 unspecified atom stereocenters. The summed E-state index contributed by atoms with van der Waals surface area (Å²) >= 11 is 0. The molecule has 0 aliphatic carbocycles. The fraction of sp³-hybridized carbons (Fsp3) is 0.778. The van der Waals surface area contributed by atoms with Crippen molar-refractivity contribution in [2.24, 2.45) is 5.41 Å². The summed E-state index contributed by atoms with van der Waals surface area (Å²) in [5.74, 6) is 0.571. The van der Waals surface area contributed by atoms with Gasteiger partial charge in [-0.05, 0) is 68.1 Å². The van der Waals surface area contributed by atoms with Crippen LogP contribution in [0.15, 0.2) is 12.1 Å². The molecule has 0 saturated carbocycles. The van der Waals surface area contributed by atoms with Crippen molar-refractivity contribution in [3.8, 4) is 5.75 Å². The van der Waals surface area contributed by atoms with Gasteiger partial charge in [0.15, 0.2) is 0 Å². The Kier molecular flexibility index (Phi) is 15.5. The van der Waals surface area contributed by atoms with Gasteiger partial charge in [-0.2, -0.15) is 0 Å². The first kappa shape index (κ1) is 29.4. The smallest absolute Gasteiger partial charge is 0.329 e. The van der Waals surface area contributed by atoms with Crippen molar-refractivity contribution < 1.29 is 19.0 Å². The van der Waals surface area contributed by atoms with Gasteiger partial charge in [-0.1, -0.05) is 78.9 Å². The maximum absolute atomic E-state index is 10.4. The first-order chi connectivity index (χ1) is 15.4. The lowest BCUT2D eigenvalue weighted by Gasteiger charge is -2.36. The lowest BCUT2D eigenvalue weighted by Crippen LogP contribution is -2.34. The van der Waals surface area contributed by atoms with E-state index in [2.05, 4.69) is 46.8 Å². The van der Waals surface area contributed by atoms with E-state index in [1.54, 1.807) is 0 Å². The molecule has 1 aromatic rings. The van der Waals surface area contributed by atoms with Gasteiger partial charge in [0.05, 0.1) is 13.2 Å². The molecule has 1 heterocycles. The molecule has 0 amide bonds. The summed E-state index contributed by atoms with van der Waals surface area (Å²) in [6, 6.07) is 4.46. The number of rotatable bonds is 13. The predicted octanol–water partition coefficient (Wildman–Crippen LogP) is 8.26. The highest BCUT2D eigenvalue weighted by Crippen LogP contribution is 2.45. The molecule has 32 heavy (non-hydrogen) atoms. The van der Waals surface area contributed by atoms with Crippen molar-refractivity contribution in [1.82, 2.24) is 0 Å². The van der Waals surface area contributed by atoms with Crippen LogP contribution in [0, 0.1) is 5.41 Å². The molecular weight excluding hydrogens is 419 g/mol. The number of unbranched alkanes of at least 4 members (excludes halogenated alkanes) is 4. The Bertz CT molecular complexity index is 577. The standard InChI is InChI=1S/C18H30O.C9H19O3P/c1-4-7-10-15-13-16(11-8-5-2)18(19)17(14-15)12-9-6-3;1-3-5-6-9(4-2)7-11-13(10)12-8-9/h13-14,19H,4-12H2,1-3H3;10H,3-8H2,1-2H3. The minimum Gasteiger partial charge on any atom is -0.507 e. The monoisotopic (exact) mass is 468 g/mol. The molecule has 1 aromatic carbocycles. The van der Waals surface area contributed by atoms with Crippen LogP contribution in [0.5, 0.6) is 5.75 Å². The Morgan fingerprint density at radius 3 is 1.69 bits per heavy atom. The molecule has 1 aliphatic heterocycles. The second-order valence-corrected chi connectivity index (χ2v) is 10.3. The minimum absolute atomic E-state index is 0.164. The summed E-state index contributed by atoms with van der Waals surface area (Å²) in [6.45, 7) is 12.3. The molecule has 0 radical (unpaired) electrons. The minimum atomic E-state index is -1.57. The van der Waals surface area contributed by atoms with Crippen molar-refractivity contribution >= 4 is 8.60 Å². The Morgan fingerprint density at radius 2 is 1.25 bits per heavy atom. The van der Waals surface area contributed by atoms with Crippen LogP contribution in [-0.2, 0) is 28.3 Å². The van der Waals surface area contributed by atoms with Crippen LogP contribution in [-0.4, -0.2) is 23.2 Å². The normalized spacial score (nSPS) is 20.6. The zero-order valence-electron chi connectivity index (χ0n) is 21.4. The second-order valence-electron chi connectivity index (χ2n) is 9.32. The van der Waals surface area contributed by atoms with E-state index in [4.69, 9.17) is 13.9 Å². The summed E-state index contributed by atoms with van der Waals surface area (Å²) in [5.41, 5.74) is 3.91. The van der Waals surface area contributed by atoms with Crippen LogP contribution in [0.4, 0.5) is 0 Å². The molecule has 1 saturated heterocycles. The van der Waals surface area contributed by atoms with Gasteiger partial charge < -0.3 is 19.0 Å². The number of phenols is 1. The van der Waals surface area contributed by atoms with E-state index in [9.17, 15) is 5.11 Å². The van der Waals surface area contributed by atoms with E-state index in [1.165, 1.54) is 55.2 Å². The van der Waals surface area contributed by atoms with E-state index in [0.717, 1.165) is 44.9 Å². The molecule has 5 heteroatoms. The molecule has 0 spiro atoms. The highest BCUT2D eigenvalue weighted by molar-refractivity contribution is 7.40. The molecule has 1 aliphatic rings. The van der Waals surface area contributed by atoms with Gasteiger partial charge in [0.25, 0.3) is 0 Å².